The second-order valence-corrected chi connectivity index (χ2v) is 5.06. The van der Waals surface area contributed by atoms with Crippen LogP contribution in [0.3, 0.4) is 0 Å². The molecule has 0 saturated heterocycles. The van der Waals surface area contributed by atoms with Crippen LogP contribution in [0.25, 0.3) is 0 Å². The Morgan fingerprint density at radius 3 is 2.61 bits per heavy atom. The number of aromatic nitrogens is 1. The van der Waals surface area contributed by atoms with Gasteiger partial charge < -0.3 is 10.1 Å². The number of nitro groups is 1. The molecule has 1 heterocycles. The molecule has 0 aliphatic heterocycles. The highest BCUT2D eigenvalue weighted by Gasteiger charge is 2.16. The van der Waals surface area contributed by atoms with E-state index >= 15 is 0 Å². The Kier molecular flexibility index (Phi) is 5.24. The molecule has 2 aromatic rings. The second-order valence-electron chi connectivity index (χ2n) is 5.06. The van der Waals surface area contributed by atoms with Crippen molar-refractivity contribution in [1.82, 2.24) is 0 Å². The fourth-order valence-corrected chi connectivity index (χ4v) is 2.05. The van der Waals surface area contributed by atoms with Gasteiger partial charge >= 0.3 is 5.69 Å². The molecule has 120 valence electrons. The van der Waals surface area contributed by atoms with Crippen molar-refractivity contribution in [2.75, 3.05) is 12.4 Å². The highest BCUT2D eigenvalue weighted by molar-refractivity contribution is 5.91. The molecule has 7 nitrogen and oxygen atoms in total. The summed E-state index contributed by atoms with van der Waals surface area (Å²) >= 11 is 0. The predicted molar refractivity (Wildman–Crippen MR) is 84.3 cm³/mol. The van der Waals surface area contributed by atoms with Crippen molar-refractivity contribution in [3.8, 4) is 5.75 Å². The summed E-state index contributed by atoms with van der Waals surface area (Å²) in [6.45, 7) is 2.53. The van der Waals surface area contributed by atoms with E-state index < -0.39 is 4.92 Å². The Bertz CT molecular complexity index is 714. The number of methoxy groups -OCH3 is 1. The van der Waals surface area contributed by atoms with Crippen molar-refractivity contribution < 1.29 is 19.0 Å². The van der Waals surface area contributed by atoms with Crippen molar-refractivity contribution in [1.29, 1.82) is 0 Å². The lowest BCUT2D eigenvalue weighted by molar-refractivity contribution is -0.695. The van der Waals surface area contributed by atoms with Crippen LogP contribution in [0.15, 0.2) is 42.7 Å². The largest absolute Gasteiger partial charge is 0.490 e. The molecule has 0 radical (unpaired) electrons. The van der Waals surface area contributed by atoms with Crippen molar-refractivity contribution in [2.24, 2.45) is 0 Å². The highest BCUT2D eigenvalue weighted by Crippen LogP contribution is 2.29. The predicted octanol–water partition coefficient (Wildman–Crippen LogP) is 2.23. The zero-order valence-electron chi connectivity index (χ0n) is 13.0. The van der Waals surface area contributed by atoms with Gasteiger partial charge in [-0.15, -0.1) is 0 Å². The van der Waals surface area contributed by atoms with E-state index in [0.717, 1.165) is 5.56 Å². The van der Waals surface area contributed by atoms with Gasteiger partial charge in [0.15, 0.2) is 24.7 Å². The molecule has 7 heteroatoms. The molecule has 0 atom stereocenters. The minimum atomic E-state index is -0.545. The van der Waals surface area contributed by atoms with Crippen LogP contribution in [0, 0.1) is 17.0 Å². The maximum atomic E-state index is 12.0. The zero-order chi connectivity index (χ0) is 16.8. The smallest absolute Gasteiger partial charge is 0.312 e. The molecule has 0 saturated carbocycles. The molecule has 0 bridgehead atoms. The molecule has 23 heavy (non-hydrogen) atoms. The molecule has 0 unspecified atom stereocenters. The maximum absolute atomic E-state index is 12.0. The van der Waals surface area contributed by atoms with E-state index in [0.29, 0.717) is 12.2 Å². The second kappa shape index (κ2) is 7.35. The number of hydrogen-bond acceptors (Lipinski definition) is 4. The Hall–Kier alpha value is -2.96. The van der Waals surface area contributed by atoms with Gasteiger partial charge in [0.05, 0.1) is 18.5 Å². The number of amides is 1. The average Bonchev–Trinajstić information content (AvgIpc) is 2.54. The molecule has 1 aromatic heterocycles. The minimum Gasteiger partial charge on any atom is -0.490 e. The number of nitro benzene ring substituents is 1. The standard InChI is InChI=1S/C16H17N3O4/c1-12-5-8-18(9-6-12)10-7-16(20)17-13-3-4-15(23-2)14(11-13)19(21)22/h3-6,8-9,11H,7,10H2,1-2H3/p+1. The molecule has 2 rings (SSSR count). The summed E-state index contributed by atoms with van der Waals surface area (Å²) in [4.78, 5) is 22.4. The number of hydrogen-bond donors (Lipinski definition) is 1. The van der Waals surface area contributed by atoms with Crippen LogP contribution in [0.4, 0.5) is 11.4 Å². The molecule has 1 amide bonds. The summed E-state index contributed by atoms with van der Waals surface area (Å²) in [7, 11) is 1.36. The molecule has 1 N–H and O–H groups in total. The summed E-state index contributed by atoms with van der Waals surface area (Å²) in [5, 5.41) is 13.6. The fourth-order valence-electron chi connectivity index (χ4n) is 2.05. The zero-order valence-corrected chi connectivity index (χ0v) is 13.0. The van der Waals surface area contributed by atoms with Crippen molar-refractivity contribution in [3.05, 3.63) is 58.4 Å². The van der Waals surface area contributed by atoms with Crippen LogP contribution in [-0.4, -0.2) is 17.9 Å². The topological polar surface area (TPSA) is 85.3 Å². The van der Waals surface area contributed by atoms with Gasteiger partial charge in [-0.25, -0.2) is 4.57 Å². The van der Waals surface area contributed by atoms with Gasteiger partial charge in [-0.3, -0.25) is 14.9 Å². The normalized spacial score (nSPS) is 10.2. The third-order valence-electron chi connectivity index (χ3n) is 3.31. The van der Waals surface area contributed by atoms with E-state index in [-0.39, 0.29) is 23.8 Å². The Morgan fingerprint density at radius 2 is 2.00 bits per heavy atom. The first-order valence-electron chi connectivity index (χ1n) is 7.07. The SMILES string of the molecule is COc1ccc(NC(=O)CC[n+]2ccc(C)cc2)cc1[N+](=O)[O-]. The van der Waals surface area contributed by atoms with Gasteiger partial charge in [0, 0.05) is 23.9 Å². The van der Waals surface area contributed by atoms with Gasteiger partial charge in [0.2, 0.25) is 5.91 Å². The fraction of sp³-hybridized carbons (Fsp3) is 0.250. The molecule has 1 aromatic carbocycles. The number of ether oxygens (including phenoxy) is 1. The van der Waals surface area contributed by atoms with Crippen LogP contribution >= 0.6 is 0 Å². The van der Waals surface area contributed by atoms with Gasteiger partial charge in [-0.2, -0.15) is 0 Å². The monoisotopic (exact) mass is 316 g/mol. The van der Waals surface area contributed by atoms with Crippen molar-refractivity contribution >= 4 is 17.3 Å². The lowest BCUT2D eigenvalue weighted by atomic mass is 10.2. The lowest BCUT2D eigenvalue weighted by Gasteiger charge is -2.06. The van der Waals surface area contributed by atoms with Crippen LogP contribution in [-0.2, 0) is 11.3 Å². The molecule has 0 aliphatic carbocycles. The van der Waals surface area contributed by atoms with E-state index in [4.69, 9.17) is 4.74 Å². The summed E-state index contributed by atoms with van der Waals surface area (Å²) in [5.74, 6) is -0.0549. The molecular weight excluding hydrogens is 298 g/mol. The van der Waals surface area contributed by atoms with E-state index in [2.05, 4.69) is 5.32 Å². The first-order chi connectivity index (χ1) is 11.0. The Labute approximate surface area is 133 Å². The number of rotatable bonds is 6. The van der Waals surface area contributed by atoms with Crippen LogP contribution in [0.1, 0.15) is 12.0 Å². The number of carbonyl (C=O) groups is 1. The van der Waals surface area contributed by atoms with Gasteiger partial charge in [-0.1, -0.05) is 0 Å². The summed E-state index contributed by atoms with van der Waals surface area (Å²) < 4.78 is 6.83. The number of aryl methyl sites for hydroxylation is 2. The van der Waals surface area contributed by atoms with Crippen molar-refractivity contribution in [2.45, 2.75) is 19.9 Å². The molecular formula is C16H18N3O4+. The van der Waals surface area contributed by atoms with E-state index in [9.17, 15) is 14.9 Å². The quantitative estimate of drug-likeness (QED) is 0.503. The van der Waals surface area contributed by atoms with E-state index in [1.165, 1.54) is 19.2 Å². The lowest BCUT2D eigenvalue weighted by Crippen LogP contribution is -2.34. The first-order valence-corrected chi connectivity index (χ1v) is 7.07. The first kappa shape index (κ1) is 16.4. The van der Waals surface area contributed by atoms with E-state index in [1.54, 1.807) is 6.07 Å². The summed E-state index contributed by atoms with van der Waals surface area (Å²) in [6.07, 6.45) is 4.08. The highest BCUT2D eigenvalue weighted by atomic mass is 16.6. The number of anilines is 1. The van der Waals surface area contributed by atoms with Crippen LogP contribution in [0.5, 0.6) is 5.75 Å². The molecule has 0 fully saturated rings. The molecule has 0 spiro atoms. The number of nitrogens with zero attached hydrogens (tertiary/aromatic N) is 2. The number of pyridine rings is 1. The Balaban J connectivity index is 1.98. The van der Waals surface area contributed by atoms with Gasteiger partial charge in [-0.05, 0) is 24.6 Å². The van der Waals surface area contributed by atoms with Crippen molar-refractivity contribution in [3.63, 3.8) is 0 Å². The number of benzene rings is 1. The Morgan fingerprint density at radius 1 is 1.30 bits per heavy atom. The average molecular weight is 316 g/mol. The molecule has 0 aliphatic rings. The summed E-state index contributed by atoms with van der Waals surface area (Å²) in [6, 6.07) is 8.25. The van der Waals surface area contributed by atoms with Crippen LogP contribution in [0.2, 0.25) is 0 Å². The van der Waals surface area contributed by atoms with Gasteiger partial charge in [0.25, 0.3) is 0 Å². The summed E-state index contributed by atoms with van der Waals surface area (Å²) in [5.41, 5.74) is 1.34. The van der Waals surface area contributed by atoms with Crippen LogP contribution < -0.4 is 14.6 Å². The number of nitrogens with one attached hydrogen (secondary N) is 1. The minimum absolute atomic E-state index is 0.156. The number of carbonyl (C=O) groups excluding carboxylic acids is 1. The van der Waals surface area contributed by atoms with E-state index in [1.807, 2.05) is 36.0 Å². The maximum Gasteiger partial charge on any atom is 0.312 e. The third kappa shape index (κ3) is 4.50. The third-order valence-corrected chi connectivity index (χ3v) is 3.31. The van der Waals surface area contributed by atoms with Gasteiger partial charge in [0.1, 0.15) is 0 Å².